The summed E-state index contributed by atoms with van der Waals surface area (Å²) < 4.78 is 4.86. The number of anilines is 1. The number of esters is 1. The zero-order valence-corrected chi connectivity index (χ0v) is 12.9. The molecule has 1 heterocycles. The summed E-state index contributed by atoms with van der Waals surface area (Å²) in [6, 6.07) is 7.99. The second-order valence-electron chi connectivity index (χ2n) is 4.48. The van der Waals surface area contributed by atoms with Crippen LogP contribution in [0.3, 0.4) is 0 Å². The van der Waals surface area contributed by atoms with Gasteiger partial charge in [0.1, 0.15) is 0 Å². The molecule has 0 unspecified atom stereocenters. The van der Waals surface area contributed by atoms with Gasteiger partial charge in [0, 0.05) is 18.0 Å². The summed E-state index contributed by atoms with van der Waals surface area (Å²) in [4.78, 5) is 15.6. The molecule has 0 fully saturated rings. The molecule has 0 saturated heterocycles. The molecular weight excluding hydrogens is 284 g/mol. The summed E-state index contributed by atoms with van der Waals surface area (Å²) in [5, 5.41) is 6.22. The van der Waals surface area contributed by atoms with Crippen molar-refractivity contribution in [3.8, 4) is 0 Å². The highest BCUT2D eigenvalue weighted by atomic mass is 32.1. The third-order valence-electron chi connectivity index (χ3n) is 2.71. The van der Waals surface area contributed by atoms with Gasteiger partial charge in [-0.15, -0.1) is 11.3 Å². The lowest BCUT2D eigenvalue weighted by atomic mass is 10.1. The van der Waals surface area contributed by atoms with Gasteiger partial charge in [-0.05, 0) is 37.1 Å². The van der Waals surface area contributed by atoms with Crippen molar-refractivity contribution in [3.05, 3.63) is 52.5 Å². The topological polar surface area (TPSA) is 51.2 Å². The van der Waals surface area contributed by atoms with Gasteiger partial charge in [0.15, 0.2) is 5.13 Å². The van der Waals surface area contributed by atoms with Gasteiger partial charge >= 0.3 is 5.97 Å². The Labute approximate surface area is 128 Å². The fraction of sp³-hybridized carbons (Fsp3) is 0.250. The summed E-state index contributed by atoms with van der Waals surface area (Å²) >= 11 is 1.60. The number of benzene rings is 1. The standard InChI is InChI=1S/C16H18N2O2S/c1-3-20-15(19)8-7-13-5-4-6-14(9-13)10-17-16-18-12(2)11-21-16/h4-9,11H,3,10H2,1-2H3,(H,17,18)/b8-7+. The van der Waals surface area contributed by atoms with Gasteiger partial charge in [-0.25, -0.2) is 9.78 Å². The van der Waals surface area contributed by atoms with E-state index >= 15 is 0 Å². The van der Waals surface area contributed by atoms with E-state index in [1.807, 2.05) is 36.6 Å². The molecule has 1 N–H and O–H groups in total. The number of aromatic nitrogens is 1. The van der Waals surface area contributed by atoms with E-state index in [-0.39, 0.29) is 5.97 Å². The molecule has 1 aromatic carbocycles. The van der Waals surface area contributed by atoms with Gasteiger partial charge in [0.2, 0.25) is 0 Å². The van der Waals surface area contributed by atoms with Crippen LogP contribution < -0.4 is 5.32 Å². The molecular formula is C16H18N2O2S. The van der Waals surface area contributed by atoms with Crippen LogP contribution in [-0.4, -0.2) is 17.6 Å². The summed E-state index contributed by atoms with van der Waals surface area (Å²) in [5.74, 6) is -0.320. The molecule has 0 aliphatic rings. The van der Waals surface area contributed by atoms with Crippen LogP contribution in [0.1, 0.15) is 23.7 Å². The van der Waals surface area contributed by atoms with Crippen molar-refractivity contribution in [2.45, 2.75) is 20.4 Å². The van der Waals surface area contributed by atoms with E-state index in [1.165, 1.54) is 6.08 Å². The SMILES string of the molecule is CCOC(=O)/C=C/c1cccc(CNc2nc(C)cs2)c1. The Morgan fingerprint density at radius 3 is 3.05 bits per heavy atom. The van der Waals surface area contributed by atoms with Gasteiger partial charge in [-0.2, -0.15) is 0 Å². The lowest BCUT2D eigenvalue weighted by Crippen LogP contribution is -2.00. The molecule has 5 heteroatoms. The Hall–Kier alpha value is -2.14. The second-order valence-corrected chi connectivity index (χ2v) is 5.34. The Bertz CT molecular complexity index is 635. The number of thiazole rings is 1. The third-order valence-corrected chi connectivity index (χ3v) is 3.63. The summed E-state index contributed by atoms with van der Waals surface area (Å²) in [6.45, 7) is 4.86. The molecule has 110 valence electrons. The van der Waals surface area contributed by atoms with Crippen LogP contribution in [0.15, 0.2) is 35.7 Å². The molecule has 2 rings (SSSR count). The number of nitrogens with one attached hydrogen (secondary N) is 1. The first kappa shape index (κ1) is 15.3. The number of nitrogens with zero attached hydrogens (tertiary/aromatic N) is 1. The highest BCUT2D eigenvalue weighted by Crippen LogP contribution is 2.16. The van der Waals surface area contributed by atoms with Crippen molar-refractivity contribution < 1.29 is 9.53 Å². The van der Waals surface area contributed by atoms with Crippen molar-refractivity contribution in [3.63, 3.8) is 0 Å². The van der Waals surface area contributed by atoms with Gasteiger partial charge in [0.05, 0.1) is 12.3 Å². The van der Waals surface area contributed by atoms with E-state index in [9.17, 15) is 4.79 Å². The Kier molecular flexibility index (Phi) is 5.51. The minimum atomic E-state index is -0.320. The molecule has 1 aromatic heterocycles. The normalized spacial score (nSPS) is 10.8. The lowest BCUT2D eigenvalue weighted by molar-refractivity contribution is -0.137. The maximum absolute atomic E-state index is 11.3. The smallest absolute Gasteiger partial charge is 0.330 e. The maximum Gasteiger partial charge on any atom is 0.330 e. The lowest BCUT2D eigenvalue weighted by Gasteiger charge is -2.04. The molecule has 21 heavy (non-hydrogen) atoms. The van der Waals surface area contributed by atoms with Crippen molar-refractivity contribution in [2.75, 3.05) is 11.9 Å². The van der Waals surface area contributed by atoms with Crippen molar-refractivity contribution in [2.24, 2.45) is 0 Å². The summed E-state index contributed by atoms with van der Waals surface area (Å²) in [7, 11) is 0. The molecule has 0 aliphatic heterocycles. The third kappa shape index (κ3) is 5.04. The molecule has 0 spiro atoms. The van der Waals surface area contributed by atoms with Gasteiger partial charge in [-0.3, -0.25) is 0 Å². The first-order chi connectivity index (χ1) is 10.2. The van der Waals surface area contributed by atoms with Crippen LogP contribution in [0.4, 0.5) is 5.13 Å². The van der Waals surface area contributed by atoms with Crippen LogP contribution in [0, 0.1) is 6.92 Å². The molecule has 0 saturated carbocycles. The quantitative estimate of drug-likeness (QED) is 0.654. The number of carbonyl (C=O) groups excluding carboxylic acids is 1. The summed E-state index contributed by atoms with van der Waals surface area (Å²) in [5.41, 5.74) is 3.13. The number of rotatable bonds is 6. The zero-order chi connectivity index (χ0) is 15.1. The minimum Gasteiger partial charge on any atom is -0.463 e. The summed E-state index contributed by atoms with van der Waals surface area (Å²) in [6.07, 6.45) is 3.20. The Balaban J connectivity index is 1.95. The number of ether oxygens (including phenoxy) is 1. The number of carbonyl (C=O) groups is 1. The second kappa shape index (κ2) is 7.59. The van der Waals surface area contributed by atoms with E-state index < -0.39 is 0 Å². The average molecular weight is 302 g/mol. The van der Waals surface area contributed by atoms with Gasteiger partial charge < -0.3 is 10.1 Å². The van der Waals surface area contributed by atoms with Crippen LogP contribution >= 0.6 is 11.3 Å². The largest absolute Gasteiger partial charge is 0.463 e. The average Bonchev–Trinajstić information content (AvgIpc) is 2.89. The van der Waals surface area contributed by atoms with Crippen molar-refractivity contribution >= 4 is 28.5 Å². The van der Waals surface area contributed by atoms with Gasteiger partial charge in [0.25, 0.3) is 0 Å². The fourth-order valence-corrected chi connectivity index (χ4v) is 2.46. The van der Waals surface area contributed by atoms with E-state index in [2.05, 4.69) is 10.3 Å². The first-order valence-corrected chi connectivity index (χ1v) is 7.65. The molecule has 2 aromatic rings. The minimum absolute atomic E-state index is 0.320. The maximum atomic E-state index is 11.3. The van der Waals surface area contributed by atoms with E-state index in [0.29, 0.717) is 13.2 Å². The van der Waals surface area contributed by atoms with Crippen molar-refractivity contribution in [1.82, 2.24) is 4.98 Å². The molecule has 4 nitrogen and oxygen atoms in total. The van der Waals surface area contributed by atoms with E-state index in [4.69, 9.17) is 4.74 Å². The Morgan fingerprint density at radius 2 is 2.33 bits per heavy atom. The monoisotopic (exact) mass is 302 g/mol. The number of aryl methyl sites for hydroxylation is 1. The molecule has 0 atom stereocenters. The van der Waals surface area contributed by atoms with Crippen LogP contribution in [0.25, 0.3) is 6.08 Å². The zero-order valence-electron chi connectivity index (χ0n) is 12.1. The fourth-order valence-electron chi connectivity index (χ4n) is 1.77. The molecule has 0 aliphatic carbocycles. The highest BCUT2D eigenvalue weighted by Gasteiger charge is 1.99. The van der Waals surface area contributed by atoms with Crippen LogP contribution in [0.2, 0.25) is 0 Å². The van der Waals surface area contributed by atoms with Crippen molar-refractivity contribution in [1.29, 1.82) is 0 Å². The van der Waals surface area contributed by atoms with Crippen LogP contribution in [0.5, 0.6) is 0 Å². The predicted molar refractivity (Wildman–Crippen MR) is 86.3 cm³/mol. The molecule has 0 bridgehead atoms. The highest BCUT2D eigenvalue weighted by molar-refractivity contribution is 7.13. The molecule has 0 radical (unpaired) electrons. The van der Waals surface area contributed by atoms with Crippen LogP contribution in [-0.2, 0) is 16.1 Å². The van der Waals surface area contributed by atoms with E-state index in [0.717, 1.165) is 22.0 Å². The van der Waals surface area contributed by atoms with E-state index in [1.54, 1.807) is 24.3 Å². The number of hydrogen-bond donors (Lipinski definition) is 1. The molecule has 0 amide bonds. The first-order valence-electron chi connectivity index (χ1n) is 6.77. The Morgan fingerprint density at radius 1 is 1.48 bits per heavy atom. The predicted octanol–water partition coefficient (Wildman–Crippen LogP) is 3.64. The van der Waals surface area contributed by atoms with Gasteiger partial charge in [-0.1, -0.05) is 18.2 Å². The number of hydrogen-bond acceptors (Lipinski definition) is 5.